The van der Waals surface area contributed by atoms with Gasteiger partial charge in [-0.2, -0.15) is 0 Å². The predicted molar refractivity (Wildman–Crippen MR) is 117 cm³/mol. The van der Waals surface area contributed by atoms with Crippen LogP contribution in [0.1, 0.15) is 34.6 Å². The molecule has 0 aliphatic carbocycles. The molecule has 1 amide bonds. The first-order chi connectivity index (χ1) is 13.2. The Kier molecular flexibility index (Phi) is 5.79. The van der Waals surface area contributed by atoms with Crippen LogP contribution >= 0.6 is 11.8 Å². The summed E-state index contributed by atoms with van der Waals surface area (Å²) in [6.45, 7) is 9.95. The average molecular weight is 398 g/mol. The van der Waals surface area contributed by atoms with Crippen LogP contribution in [-0.2, 0) is 11.8 Å². The highest BCUT2D eigenvalue weighted by molar-refractivity contribution is 8.00. The van der Waals surface area contributed by atoms with Crippen molar-refractivity contribution in [3.05, 3.63) is 46.8 Å². The molecule has 2 aromatic carbocycles. The van der Waals surface area contributed by atoms with Crippen LogP contribution in [0.4, 0.5) is 0 Å². The minimum Gasteiger partial charge on any atom is -0.337 e. The third-order valence-corrected chi connectivity index (χ3v) is 6.03. The van der Waals surface area contributed by atoms with Gasteiger partial charge in [0.25, 0.3) is 5.56 Å². The number of amides is 1. The first kappa shape index (κ1) is 20.4. The monoisotopic (exact) mass is 397 g/mol. The third-order valence-electron chi connectivity index (χ3n) is 4.90. The lowest BCUT2D eigenvalue weighted by molar-refractivity contribution is -0.133. The van der Waals surface area contributed by atoms with Gasteiger partial charge in [-0.05, 0) is 57.5 Å². The summed E-state index contributed by atoms with van der Waals surface area (Å²) in [5.41, 5.74) is 0.566. The van der Waals surface area contributed by atoms with Gasteiger partial charge in [-0.25, -0.2) is 4.98 Å². The van der Waals surface area contributed by atoms with Gasteiger partial charge in [0.2, 0.25) is 5.91 Å². The highest BCUT2D eigenvalue weighted by Gasteiger charge is 2.27. The predicted octanol–water partition coefficient (Wildman–Crippen LogP) is 4.21. The lowest BCUT2D eigenvalue weighted by Gasteiger charge is -2.32. The topological polar surface area (TPSA) is 55.2 Å². The number of rotatable bonds is 5. The molecule has 3 rings (SSSR count). The van der Waals surface area contributed by atoms with Gasteiger partial charge in [-0.15, -0.1) is 0 Å². The molecule has 0 aliphatic rings. The molecule has 28 heavy (non-hydrogen) atoms. The molecule has 0 fully saturated rings. The molecule has 0 saturated carbocycles. The van der Waals surface area contributed by atoms with E-state index in [9.17, 15) is 9.59 Å². The Hall–Kier alpha value is -2.34. The number of hydrogen-bond acceptors (Lipinski definition) is 4. The zero-order chi connectivity index (χ0) is 20.6. The molecule has 1 atom stereocenters. The van der Waals surface area contributed by atoms with E-state index in [1.54, 1.807) is 11.6 Å². The number of fused-ring (bicyclic) bond motifs is 2. The molecule has 148 valence electrons. The summed E-state index contributed by atoms with van der Waals surface area (Å²) < 4.78 is 1.54. The van der Waals surface area contributed by atoms with E-state index in [0.717, 1.165) is 10.8 Å². The molecule has 0 N–H and O–H groups in total. The molecule has 1 heterocycles. The summed E-state index contributed by atoms with van der Waals surface area (Å²) in [7, 11) is 1.71. The van der Waals surface area contributed by atoms with E-state index in [1.165, 1.54) is 11.8 Å². The maximum atomic E-state index is 13.0. The summed E-state index contributed by atoms with van der Waals surface area (Å²) in [6, 6.07) is 12.0. The molecular formula is C22H27N3O2S. The Morgan fingerprint density at radius 1 is 1.04 bits per heavy atom. The second-order valence-corrected chi connectivity index (χ2v) is 8.98. The minimum absolute atomic E-state index is 0.0582. The maximum absolute atomic E-state index is 13.0. The number of aromatic nitrogens is 2. The molecule has 3 aromatic rings. The van der Waals surface area contributed by atoms with Crippen molar-refractivity contribution in [2.75, 3.05) is 0 Å². The van der Waals surface area contributed by atoms with Crippen LogP contribution in [-0.4, -0.2) is 37.7 Å². The number of benzene rings is 2. The average Bonchev–Trinajstić information content (AvgIpc) is 2.64. The smallest absolute Gasteiger partial charge is 0.261 e. The quantitative estimate of drug-likeness (QED) is 0.368. The molecular weight excluding hydrogens is 370 g/mol. The van der Waals surface area contributed by atoms with Gasteiger partial charge in [0.05, 0.1) is 16.2 Å². The van der Waals surface area contributed by atoms with Crippen molar-refractivity contribution in [2.24, 2.45) is 7.05 Å². The van der Waals surface area contributed by atoms with E-state index < -0.39 is 0 Å². The molecule has 6 heteroatoms. The fourth-order valence-corrected chi connectivity index (χ4v) is 4.50. The van der Waals surface area contributed by atoms with Crippen molar-refractivity contribution < 1.29 is 4.79 Å². The normalized spacial score (nSPS) is 12.9. The summed E-state index contributed by atoms with van der Waals surface area (Å²) in [6.07, 6.45) is 0. The van der Waals surface area contributed by atoms with Gasteiger partial charge >= 0.3 is 0 Å². The van der Waals surface area contributed by atoms with Crippen LogP contribution in [0.5, 0.6) is 0 Å². The van der Waals surface area contributed by atoms with Gasteiger partial charge in [-0.1, -0.05) is 36.0 Å². The van der Waals surface area contributed by atoms with E-state index in [0.29, 0.717) is 16.1 Å². The number of nitrogens with zero attached hydrogens (tertiary/aromatic N) is 3. The summed E-state index contributed by atoms with van der Waals surface area (Å²) in [5, 5.41) is 2.88. The van der Waals surface area contributed by atoms with Crippen molar-refractivity contribution in [1.29, 1.82) is 0 Å². The zero-order valence-electron chi connectivity index (χ0n) is 17.3. The standard InChI is InChI=1S/C22H27N3O2S/c1-13(2)25(14(3)4)20(26)15(5)28-22-23-19-12-17-10-8-7-9-16(17)11-18(19)21(27)24(22)6/h7-15H,1-6H3/t15-/m0/s1. The summed E-state index contributed by atoms with van der Waals surface area (Å²) in [4.78, 5) is 32.5. The molecule has 1 aromatic heterocycles. The molecule has 0 spiro atoms. The van der Waals surface area contributed by atoms with Crippen LogP contribution in [0.3, 0.4) is 0 Å². The molecule has 5 nitrogen and oxygen atoms in total. The highest BCUT2D eigenvalue weighted by Crippen LogP contribution is 2.26. The fraction of sp³-hybridized carbons (Fsp3) is 0.409. The third kappa shape index (κ3) is 3.78. The number of carbonyl (C=O) groups excluding carboxylic acids is 1. The molecule has 0 aliphatic heterocycles. The minimum atomic E-state index is -0.333. The second kappa shape index (κ2) is 7.95. The lowest BCUT2D eigenvalue weighted by Crippen LogP contribution is -2.45. The van der Waals surface area contributed by atoms with E-state index in [4.69, 9.17) is 4.98 Å². The van der Waals surface area contributed by atoms with Gasteiger partial charge in [0, 0.05) is 19.1 Å². The van der Waals surface area contributed by atoms with Gasteiger partial charge in [-0.3, -0.25) is 14.2 Å². The summed E-state index contributed by atoms with van der Waals surface area (Å²) in [5.74, 6) is 0.0582. The van der Waals surface area contributed by atoms with Crippen LogP contribution < -0.4 is 5.56 Å². The molecule has 0 unspecified atom stereocenters. The molecule has 0 bridgehead atoms. The van der Waals surface area contributed by atoms with Crippen LogP contribution in [0.2, 0.25) is 0 Å². The number of thioether (sulfide) groups is 1. The first-order valence-electron chi connectivity index (χ1n) is 9.59. The SMILES string of the molecule is CC(C)N(C(=O)[C@H](C)Sc1nc2cc3ccccc3cc2c(=O)n1C)C(C)C. The van der Waals surface area contributed by atoms with Gasteiger partial charge < -0.3 is 4.90 Å². The van der Waals surface area contributed by atoms with Gasteiger partial charge in [0.15, 0.2) is 5.16 Å². The van der Waals surface area contributed by atoms with Crippen molar-refractivity contribution in [3.8, 4) is 0 Å². The zero-order valence-corrected chi connectivity index (χ0v) is 18.1. The second-order valence-electron chi connectivity index (χ2n) is 7.67. The molecule has 0 radical (unpaired) electrons. The van der Waals surface area contributed by atoms with E-state index in [1.807, 2.05) is 75.9 Å². The summed E-state index contributed by atoms with van der Waals surface area (Å²) >= 11 is 1.34. The maximum Gasteiger partial charge on any atom is 0.261 e. The Bertz CT molecular complexity index is 1080. The van der Waals surface area contributed by atoms with Crippen molar-refractivity contribution in [2.45, 2.75) is 57.1 Å². The van der Waals surface area contributed by atoms with Crippen molar-refractivity contribution >= 4 is 39.3 Å². The van der Waals surface area contributed by atoms with Crippen molar-refractivity contribution in [1.82, 2.24) is 14.5 Å². The van der Waals surface area contributed by atoms with E-state index in [2.05, 4.69) is 0 Å². The Balaban J connectivity index is 2.01. The van der Waals surface area contributed by atoms with E-state index >= 15 is 0 Å². The van der Waals surface area contributed by atoms with Crippen LogP contribution in [0, 0.1) is 0 Å². The fourth-order valence-electron chi connectivity index (χ4n) is 3.57. The first-order valence-corrected chi connectivity index (χ1v) is 10.5. The van der Waals surface area contributed by atoms with Crippen molar-refractivity contribution in [3.63, 3.8) is 0 Å². The van der Waals surface area contributed by atoms with Crippen LogP contribution in [0.25, 0.3) is 21.7 Å². The largest absolute Gasteiger partial charge is 0.337 e. The lowest BCUT2D eigenvalue weighted by atomic mass is 10.1. The molecule has 0 saturated heterocycles. The van der Waals surface area contributed by atoms with Gasteiger partial charge in [0.1, 0.15) is 0 Å². The Labute approximate surface area is 169 Å². The Morgan fingerprint density at radius 3 is 2.18 bits per heavy atom. The number of hydrogen-bond donors (Lipinski definition) is 0. The van der Waals surface area contributed by atoms with Crippen LogP contribution in [0.15, 0.2) is 46.3 Å². The Morgan fingerprint density at radius 2 is 1.61 bits per heavy atom. The van der Waals surface area contributed by atoms with E-state index in [-0.39, 0.29) is 28.8 Å². The number of carbonyl (C=O) groups is 1. The highest BCUT2D eigenvalue weighted by atomic mass is 32.2.